The van der Waals surface area contributed by atoms with E-state index in [1.165, 1.54) is 18.3 Å². The Hall–Kier alpha value is -5.92. The number of aliphatic hydroxyl groups is 2. The van der Waals surface area contributed by atoms with E-state index < -0.39 is 53.9 Å². The number of rotatable bonds is 12. The fraction of sp³-hybridized carbons (Fsp3) is 0.364. The zero-order valence-electron chi connectivity index (χ0n) is 32.0. The van der Waals surface area contributed by atoms with E-state index in [4.69, 9.17) is 25.4 Å². The summed E-state index contributed by atoms with van der Waals surface area (Å²) in [5, 5.41) is 44.0. The molecule has 0 saturated heterocycles. The number of phenols is 2. The third-order valence-electron chi connectivity index (χ3n) is 11.6. The first-order chi connectivity index (χ1) is 27.4. The van der Waals surface area contributed by atoms with Crippen LogP contribution in [0.5, 0.6) is 17.2 Å². The van der Waals surface area contributed by atoms with Crippen molar-refractivity contribution in [2.75, 3.05) is 18.1 Å². The van der Waals surface area contributed by atoms with E-state index in [0.29, 0.717) is 35.4 Å². The predicted octanol–water partition coefficient (Wildman–Crippen LogP) is 5.93. The summed E-state index contributed by atoms with van der Waals surface area (Å²) in [5.74, 6) is -1.92. The highest BCUT2D eigenvalue weighted by Crippen LogP contribution is 2.53. The molecule has 1 fully saturated rings. The Morgan fingerprint density at radius 2 is 1.82 bits per heavy atom. The molecule has 5 aromatic rings. The van der Waals surface area contributed by atoms with E-state index in [9.17, 15) is 30.0 Å². The number of esters is 1. The summed E-state index contributed by atoms with van der Waals surface area (Å²) in [6, 6.07) is 14.5. The molecule has 2 aliphatic rings. The molecule has 3 aromatic heterocycles. The molecule has 2 aromatic carbocycles. The van der Waals surface area contributed by atoms with Crippen molar-refractivity contribution in [2.24, 2.45) is 5.92 Å². The lowest BCUT2D eigenvalue weighted by atomic mass is 9.74. The third-order valence-corrected chi connectivity index (χ3v) is 11.6. The monoisotopic (exact) mass is 776 g/mol. The first-order valence-electron chi connectivity index (χ1n) is 19.3. The van der Waals surface area contributed by atoms with Crippen molar-refractivity contribution < 1.29 is 39.1 Å². The molecule has 0 amide bonds. The maximum Gasteiger partial charge on any atom is 0.334 e. The molecular formula is C44H48N4O9. The van der Waals surface area contributed by atoms with Crippen molar-refractivity contribution in [3.05, 3.63) is 122 Å². The van der Waals surface area contributed by atoms with E-state index in [1.807, 2.05) is 26.0 Å². The fourth-order valence-corrected chi connectivity index (χ4v) is 8.57. The van der Waals surface area contributed by atoms with Crippen molar-refractivity contribution in [3.8, 4) is 17.2 Å². The molecule has 0 radical (unpaired) electrons. The van der Waals surface area contributed by atoms with Crippen LogP contribution in [0, 0.1) is 5.92 Å². The molecule has 4 unspecified atom stereocenters. The average Bonchev–Trinajstić information content (AvgIpc) is 3.73. The Morgan fingerprint density at radius 1 is 1.04 bits per heavy atom. The number of aromatic nitrogens is 2. The highest BCUT2D eigenvalue weighted by Gasteiger charge is 2.48. The van der Waals surface area contributed by atoms with Crippen LogP contribution >= 0.6 is 0 Å². The summed E-state index contributed by atoms with van der Waals surface area (Å²) in [7, 11) is 0. The molecule has 0 spiro atoms. The van der Waals surface area contributed by atoms with E-state index in [1.54, 1.807) is 36.5 Å². The largest absolute Gasteiger partial charge is 0.508 e. The Kier molecular flexibility index (Phi) is 11.2. The number of hydrogen-bond donors (Lipinski definition) is 6. The molecule has 4 atom stereocenters. The molecule has 1 saturated carbocycles. The summed E-state index contributed by atoms with van der Waals surface area (Å²) in [5.41, 5.74) is 13.2. The van der Waals surface area contributed by atoms with Crippen molar-refractivity contribution >= 4 is 28.6 Å². The van der Waals surface area contributed by atoms with Crippen molar-refractivity contribution in [1.29, 1.82) is 0 Å². The molecule has 1 aliphatic heterocycles. The van der Waals surface area contributed by atoms with Gasteiger partial charge in [0.2, 0.25) is 0 Å². The van der Waals surface area contributed by atoms with Gasteiger partial charge in [-0.3, -0.25) is 4.79 Å². The van der Waals surface area contributed by atoms with Crippen molar-refractivity contribution in [1.82, 2.24) is 9.97 Å². The summed E-state index contributed by atoms with van der Waals surface area (Å²) < 4.78 is 19.8. The van der Waals surface area contributed by atoms with Crippen LogP contribution in [0.15, 0.2) is 87.9 Å². The molecule has 13 heteroatoms. The average molecular weight is 777 g/mol. The van der Waals surface area contributed by atoms with Crippen LogP contribution in [0.3, 0.4) is 0 Å². The number of phenolic OH excluding ortho intramolecular Hbond substituents is 2. The summed E-state index contributed by atoms with van der Waals surface area (Å²) in [4.78, 5) is 36.5. The van der Waals surface area contributed by atoms with Gasteiger partial charge in [0.05, 0.1) is 6.61 Å². The number of hydrogen-bond acceptors (Lipinski definition) is 13. The predicted molar refractivity (Wildman–Crippen MR) is 214 cm³/mol. The minimum Gasteiger partial charge on any atom is -0.508 e. The number of aryl methyl sites for hydroxylation is 1. The lowest BCUT2D eigenvalue weighted by molar-refractivity contribution is -0.159. The Morgan fingerprint density at radius 3 is 2.49 bits per heavy atom. The maximum absolute atomic E-state index is 14.1. The van der Waals surface area contributed by atoms with Crippen LogP contribution in [-0.4, -0.2) is 54.7 Å². The first kappa shape index (κ1) is 39.3. The zero-order chi connectivity index (χ0) is 40.4. The Bertz CT molecular complexity index is 2370. The zero-order valence-corrected chi connectivity index (χ0v) is 32.0. The van der Waals surface area contributed by atoms with Gasteiger partial charge in [-0.25, -0.2) is 14.8 Å². The summed E-state index contributed by atoms with van der Waals surface area (Å²) in [6.07, 6.45) is 8.58. The molecule has 13 nitrogen and oxygen atoms in total. The molecule has 4 heterocycles. The second-order valence-electron chi connectivity index (χ2n) is 15.2. The molecule has 7 rings (SSSR count). The van der Waals surface area contributed by atoms with Gasteiger partial charge in [-0.05, 0) is 92.5 Å². The molecule has 8 N–H and O–H groups in total. The molecule has 1 aliphatic carbocycles. The molecular weight excluding hydrogens is 729 g/mol. The van der Waals surface area contributed by atoms with Gasteiger partial charge in [0.25, 0.3) is 0 Å². The Balaban J connectivity index is 1.48. The number of aromatic hydroxyl groups is 2. The SMILES string of the molecule is CC=C(C(=O)OC1Cc2c(c(C(c3ccnc(N)c3)C(CO)c3cccc(O)c3)c3oc(CO)cc(=O)c3c2O)OC1(C)CCc1ccc(N)nc1)C1CCCC1. The number of carbonyl (C=O) groups excluding carboxylic acids is 1. The van der Waals surface area contributed by atoms with Crippen molar-refractivity contribution in [3.63, 3.8) is 0 Å². The van der Waals surface area contributed by atoms with E-state index in [-0.39, 0.29) is 57.5 Å². The Labute approximate surface area is 329 Å². The molecule has 0 bridgehead atoms. The smallest absolute Gasteiger partial charge is 0.334 e. The van der Waals surface area contributed by atoms with Gasteiger partial charge in [0.15, 0.2) is 5.43 Å². The number of nitrogens with two attached hydrogens (primary N) is 2. The number of nitrogen functional groups attached to an aromatic ring is 2. The van der Waals surface area contributed by atoms with Crippen LogP contribution in [0.2, 0.25) is 0 Å². The van der Waals surface area contributed by atoms with Crippen LogP contribution in [0.1, 0.15) is 91.4 Å². The van der Waals surface area contributed by atoms with E-state index in [0.717, 1.165) is 37.3 Å². The normalized spacial score (nSPS) is 19.5. The number of carbonyl (C=O) groups is 1. The van der Waals surface area contributed by atoms with E-state index in [2.05, 4.69) is 9.97 Å². The molecule has 57 heavy (non-hydrogen) atoms. The van der Waals surface area contributed by atoms with Gasteiger partial charge in [-0.1, -0.05) is 37.1 Å². The quantitative estimate of drug-likeness (QED) is 0.0639. The highest BCUT2D eigenvalue weighted by molar-refractivity contribution is 5.92. The number of ether oxygens (including phenoxy) is 2. The topological polar surface area (TPSA) is 224 Å². The highest BCUT2D eigenvalue weighted by atomic mass is 16.6. The number of benzene rings is 2. The summed E-state index contributed by atoms with van der Waals surface area (Å²) >= 11 is 0. The van der Waals surface area contributed by atoms with Crippen molar-refractivity contribution in [2.45, 2.75) is 88.9 Å². The summed E-state index contributed by atoms with van der Waals surface area (Å²) in [6.45, 7) is 2.60. The van der Waals surface area contributed by atoms with Gasteiger partial charge in [0.1, 0.15) is 63.9 Å². The number of nitrogens with zero attached hydrogens (tertiary/aromatic N) is 2. The number of aliphatic hydroxyl groups excluding tert-OH is 2. The van der Waals surface area contributed by atoms with Crippen LogP contribution in [0.25, 0.3) is 11.0 Å². The minimum atomic E-state index is -1.25. The van der Waals surface area contributed by atoms with Gasteiger partial charge < -0.3 is 45.8 Å². The number of allylic oxidation sites excluding steroid dienone is 1. The third kappa shape index (κ3) is 7.77. The minimum absolute atomic E-state index is 0.0330. The lowest BCUT2D eigenvalue weighted by Crippen LogP contribution is -2.52. The standard InChI is InChI=1S/C44H48N4O9/c1-3-30(25-7-4-5-8-25)43(54)56-34-20-31-40(53)38-33(52)19-29(22-49)55-42(38)39(41(31)57-44(34,2)15-13-24-11-12-35(45)48-21-24)37(27-14-16-47-36(46)18-27)32(23-50)26-9-6-10-28(51)17-26/h3,6,9-12,14,16-19,21,25,32,34,37,49-51,53H,4-5,7-8,13,15,20,22-23H2,1-2H3,(H2,45,48)(H2,46,47). The first-order valence-corrected chi connectivity index (χ1v) is 19.3. The number of fused-ring (bicyclic) bond motifs is 2. The lowest BCUT2D eigenvalue weighted by Gasteiger charge is -2.44. The van der Waals surface area contributed by atoms with Crippen LogP contribution in [-0.2, 0) is 29.0 Å². The second-order valence-corrected chi connectivity index (χ2v) is 15.2. The van der Waals surface area contributed by atoms with Crippen LogP contribution < -0.4 is 21.6 Å². The van der Waals surface area contributed by atoms with Gasteiger partial charge in [-0.2, -0.15) is 0 Å². The van der Waals surface area contributed by atoms with Gasteiger partial charge in [-0.15, -0.1) is 0 Å². The van der Waals surface area contributed by atoms with E-state index >= 15 is 0 Å². The second kappa shape index (κ2) is 16.3. The maximum atomic E-state index is 14.1. The van der Waals surface area contributed by atoms with Gasteiger partial charge in [0, 0.05) is 53.4 Å². The fourth-order valence-electron chi connectivity index (χ4n) is 8.57. The molecule has 298 valence electrons. The number of pyridine rings is 2. The number of anilines is 2. The van der Waals surface area contributed by atoms with Gasteiger partial charge >= 0.3 is 5.97 Å². The van der Waals surface area contributed by atoms with Crippen LogP contribution in [0.4, 0.5) is 11.6 Å².